The molecule has 6 heteroatoms. The molecule has 0 spiro atoms. The summed E-state index contributed by atoms with van der Waals surface area (Å²) < 4.78 is 13.5. The Labute approximate surface area is 126 Å². The predicted molar refractivity (Wildman–Crippen MR) is 81.5 cm³/mol. The number of hydrogen-bond acceptors (Lipinski definition) is 4. The summed E-state index contributed by atoms with van der Waals surface area (Å²) in [6.07, 6.45) is 0. The van der Waals surface area contributed by atoms with Crippen LogP contribution in [0.5, 0.6) is 0 Å². The predicted octanol–water partition coefficient (Wildman–Crippen LogP) is 1.82. The third kappa shape index (κ3) is 4.74. The molecule has 0 aliphatic carbocycles. The fourth-order valence-electron chi connectivity index (χ4n) is 1.73. The lowest BCUT2D eigenvalue weighted by atomic mass is 10.1. The molecule has 0 saturated carbocycles. The topological polar surface area (TPSA) is 71.8 Å². The van der Waals surface area contributed by atoms with E-state index in [1.165, 1.54) is 30.0 Å². The number of aromatic amines is 1. The SMILES string of the molecule is Cc1cc(=O)[nH]c(SCc2cc(F)cc(C#CCN)c2)n1. The molecule has 21 heavy (non-hydrogen) atoms. The maximum absolute atomic E-state index is 13.5. The average Bonchev–Trinajstić information content (AvgIpc) is 2.41. The number of thioether (sulfide) groups is 1. The number of hydrogen-bond donors (Lipinski definition) is 2. The number of benzene rings is 1. The Morgan fingerprint density at radius 1 is 1.38 bits per heavy atom. The second-order valence-electron chi connectivity index (χ2n) is 4.33. The maximum Gasteiger partial charge on any atom is 0.251 e. The molecular formula is C15H14FN3OS. The first-order valence-electron chi connectivity index (χ1n) is 6.26. The fraction of sp³-hybridized carbons (Fsp3) is 0.200. The molecule has 1 heterocycles. The van der Waals surface area contributed by atoms with Crippen LogP contribution in [0.2, 0.25) is 0 Å². The second kappa shape index (κ2) is 7.07. The van der Waals surface area contributed by atoms with Crippen molar-refractivity contribution in [1.29, 1.82) is 0 Å². The molecule has 0 saturated heterocycles. The summed E-state index contributed by atoms with van der Waals surface area (Å²) in [6.45, 7) is 1.98. The van der Waals surface area contributed by atoms with Crippen molar-refractivity contribution in [2.75, 3.05) is 6.54 Å². The van der Waals surface area contributed by atoms with E-state index in [0.717, 1.165) is 5.56 Å². The van der Waals surface area contributed by atoms with Crippen molar-refractivity contribution in [2.45, 2.75) is 17.8 Å². The lowest BCUT2D eigenvalue weighted by molar-refractivity contribution is 0.626. The van der Waals surface area contributed by atoms with Crippen molar-refractivity contribution < 1.29 is 4.39 Å². The smallest absolute Gasteiger partial charge is 0.251 e. The van der Waals surface area contributed by atoms with E-state index in [0.29, 0.717) is 22.2 Å². The highest BCUT2D eigenvalue weighted by Gasteiger charge is 2.03. The van der Waals surface area contributed by atoms with Crippen LogP contribution in [0.1, 0.15) is 16.8 Å². The summed E-state index contributed by atoms with van der Waals surface area (Å²) in [6, 6.07) is 6.03. The first kappa shape index (κ1) is 15.3. The summed E-state index contributed by atoms with van der Waals surface area (Å²) in [4.78, 5) is 18.2. The number of nitrogens with zero attached hydrogens (tertiary/aromatic N) is 1. The van der Waals surface area contributed by atoms with Gasteiger partial charge in [0, 0.05) is 23.1 Å². The van der Waals surface area contributed by atoms with Gasteiger partial charge in [-0.3, -0.25) is 4.79 Å². The molecule has 0 aliphatic heterocycles. The van der Waals surface area contributed by atoms with Crippen LogP contribution in [0.4, 0.5) is 4.39 Å². The molecule has 0 unspecified atom stereocenters. The molecule has 0 aliphatic rings. The van der Waals surface area contributed by atoms with Crippen molar-refractivity contribution in [3.05, 3.63) is 57.3 Å². The largest absolute Gasteiger partial charge is 0.320 e. The number of rotatable bonds is 3. The van der Waals surface area contributed by atoms with E-state index in [9.17, 15) is 9.18 Å². The second-order valence-corrected chi connectivity index (χ2v) is 5.30. The monoisotopic (exact) mass is 303 g/mol. The molecule has 0 fully saturated rings. The van der Waals surface area contributed by atoms with E-state index in [-0.39, 0.29) is 17.9 Å². The molecule has 2 aromatic rings. The van der Waals surface area contributed by atoms with Gasteiger partial charge >= 0.3 is 0 Å². The van der Waals surface area contributed by atoms with E-state index >= 15 is 0 Å². The lowest BCUT2D eigenvalue weighted by Crippen LogP contribution is -2.08. The van der Waals surface area contributed by atoms with E-state index in [1.54, 1.807) is 13.0 Å². The number of aromatic nitrogens is 2. The summed E-state index contributed by atoms with van der Waals surface area (Å²) in [7, 11) is 0. The molecule has 2 rings (SSSR count). The molecule has 4 nitrogen and oxygen atoms in total. The maximum atomic E-state index is 13.5. The number of aryl methyl sites for hydroxylation is 1. The molecule has 3 N–H and O–H groups in total. The number of nitrogens with one attached hydrogen (secondary N) is 1. The van der Waals surface area contributed by atoms with Crippen LogP contribution in [-0.2, 0) is 5.75 Å². The van der Waals surface area contributed by atoms with Gasteiger partial charge in [-0.25, -0.2) is 9.37 Å². The van der Waals surface area contributed by atoms with Gasteiger partial charge in [-0.1, -0.05) is 23.6 Å². The third-order valence-electron chi connectivity index (χ3n) is 2.52. The lowest BCUT2D eigenvalue weighted by Gasteiger charge is -2.03. The van der Waals surface area contributed by atoms with Crippen LogP contribution < -0.4 is 11.3 Å². The van der Waals surface area contributed by atoms with Gasteiger partial charge in [0.15, 0.2) is 5.16 Å². The van der Waals surface area contributed by atoms with Crippen LogP contribution >= 0.6 is 11.8 Å². The van der Waals surface area contributed by atoms with Crippen molar-refractivity contribution in [2.24, 2.45) is 5.73 Å². The van der Waals surface area contributed by atoms with E-state index in [1.807, 2.05) is 0 Å². The zero-order chi connectivity index (χ0) is 15.2. The van der Waals surface area contributed by atoms with Crippen molar-refractivity contribution in [3.8, 4) is 11.8 Å². The summed E-state index contributed by atoms with van der Waals surface area (Å²) in [5.41, 5.74) is 7.11. The number of halogens is 1. The van der Waals surface area contributed by atoms with E-state index in [4.69, 9.17) is 5.73 Å². The Kier molecular flexibility index (Phi) is 5.14. The molecule has 0 atom stereocenters. The van der Waals surface area contributed by atoms with Crippen molar-refractivity contribution in [1.82, 2.24) is 9.97 Å². The molecule has 0 bridgehead atoms. The average molecular weight is 303 g/mol. The Hall–Kier alpha value is -2.10. The Bertz CT molecular complexity index is 761. The van der Waals surface area contributed by atoms with Gasteiger partial charge in [-0.15, -0.1) is 0 Å². The van der Waals surface area contributed by atoms with Gasteiger partial charge in [0.2, 0.25) is 0 Å². The minimum absolute atomic E-state index is 0.196. The summed E-state index contributed by atoms with van der Waals surface area (Å²) in [5.74, 6) is 5.64. The van der Waals surface area contributed by atoms with Gasteiger partial charge in [0.25, 0.3) is 5.56 Å². The minimum atomic E-state index is -0.347. The van der Waals surface area contributed by atoms with Crippen LogP contribution in [0, 0.1) is 24.6 Å². The van der Waals surface area contributed by atoms with Gasteiger partial charge in [-0.2, -0.15) is 0 Å². The van der Waals surface area contributed by atoms with Gasteiger partial charge in [-0.05, 0) is 30.7 Å². The quantitative estimate of drug-likeness (QED) is 0.515. The van der Waals surface area contributed by atoms with Gasteiger partial charge < -0.3 is 10.7 Å². The van der Waals surface area contributed by atoms with Crippen molar-refractivity contribution in [3.63, 3.8) is 0 Å². The normalized spacial score (nSPS) is 10.0. The first-order valence-corrected chi connectivity index (χ1v) is 7.24. The van der Waals surface area contributed by atoms with Crippen LogP contribution in [0.25, 0.3) is 0 Å². The van der Waals surface area contributed by atoms with Gasteiger partial charge in [0.1, 0.15) is 5.82 Å². The minimum Gasteiger partial charge on any atom is -0.320 e. The first-order chi connectivity index (χ1) is 10.1. The zero-order valence-electron chi connectivity index (χ0n) is 11.4. The third-order valence-corrected chi connectivity index (χ3v) is 3.46. The Balaban J connectivity index is 2.16. The van der Waals surface area contributed by atoms with Crippen LogP contribution in [0.3, 0.4) is 0 Å². The molecule has 1 aromatic heterocycles. The molecule has 0 amide bonds. The number of nitrogens with two attached hydrogens (primary N) is 1. The van der Waals surface area contributed by atoms with E-state index < -0.39 is 0 Å². The highest BCUT2D eigenvalue weighted by molar-refractivity contribution is 7.98. The molecule has 108 valence electrons. The number of H-pyrrole nitrogens is 1. The van der Waals surface area contributed by atoms with E-state index in [2.05, 4.69) is 21.8 Å². The summed E-state index contributed by atoms with van der Waals surface area (Å²) in [5, 5.41) is 0.513. The molecular weight excluding hydrogens is 289 g/mol. The fourth-order valence-corrected chi connectivity index (χ4v) is 2.58. The Morgan fingerprint density at radius 3 is 2.90 bits per heavy atom. The van der Waals surface area contributed by atoms with Crippen LogP contribution in [-0.4, -0.2) is 16.5 Å². The molecule has 1 aromatic carbocycles. The standard InChI is InChI=1S/C15H14FN3OS/c1-10-5-14(20)19-15(18-10)21-9-12-6-11(3-2-4-17)7-13(16)8-12/h5-8H,4,9,17H2,1H3,(H,18,19,20). The molecule has 0 radical (unpaired) electrons. The zero-order valence-corrected chi connectivity index (χ0v) is 12.3. The Morgan fingerprint density at radius 2 is 2.19 bits per heavy atom. The highest BCUT2D eigenvalue weighted by Crippen LogP contribution is 2.20. The summed E-state index contributed by atoms with van der Waals surface area (Å²) >= 11 is 1.34. The van der Waals surface area contributed by atoms with Gasteiger partial charge in [0.05, 0.1) is 6.54 Å². The highest BCUT2D eigenvalue weighted by atomic mass is 32.2. The van der Waals surface area contributed by atoms with Crippen molar-refractivity contribution >= 4 is 11.8 Å². The van der Waals surface area contributed by atoms with Crippen LogP contribution in [0.15, 0.2) is 34.2 Å².